The molecule has 0 saturated heterocycles. The van der Waals surface area contributed by atoms with Crippen molar-refractivity contribution in [3.8, 4) is 0 Å². The second-order valence-electron chi connectivity index (χ2n) is 6.94. The SMILES string of the molecule is Cc1cccc(CN(CCC(C)C)CC(O)COC(C)C)c1. The molecule has 0 spiro atoms. The Balaban J connectivity index is 2.58. The average Bonchev–Trinajstić information content (AvgIpc) is 2.42. The standard InChI is InChI=1S/C19H33NO2/c1-15(2)9-10-20(13-19(21)14-22-16(3)4)12-18-8-6-7-17(5)11-18/h6-8,11,15-16,19,21H,9-10,12-14H2,1-5H3. The first kappa shape index (κ1) is 19.1. The van der Waals surface area contributed by atoms with Gasteiger partial charge >= 0.3 is 0 Å². The van der Waals surface area contributed by atoms with Gasteiger partial charge in [0.2, 0.25) is 0 Å². The van der Waals surface area contributed by atoms with E-state index in [0.29, 0.717) is 19.1 Å². The van der Waals surface area contributed by atoms with E-state index in [4.69, 9.17) is 4.74 Å². The smallest absolute Gasteiger partial charge is 0.0900 e. The van der Waals surface area contributed by atoms with Gasteiger partial charge in [-0.25, -0.2) is 0 Å². The van der Waals surface area contributed by atoms with E-state index in [9.17, 15) is 5.11 Å². The molecule has 1 rings (SSSR count). The van der Waals surface area contributed by atoms with E-state index in [1.807, 2.05) is 13.8 Å². The van der Waals surface area contributed by atoms with Gasteiger partial charge in [-0.3, -0.25) is 4.90 Å². The van der Waals surface area contributed by atoms with E-state index in [-0.39, 0.29) is 6.10 Å². The molecule has 1 atom stereocenters. The van der Waals surface area contributed by atoms with Crippen LogP contribution in [0.2, 0.25) is 0 Å². The number of ether oxygens (including phenoxy) is 1. The first-order chi connectivity index (χ1) is 10.4. The minimum absolute atomic E-state index is 0.163. The monoisotopic (exact) mass is 307 g/mol. The number of hydrogen-bond acceptors (Lipinski definition) is 3. The lowest BCUT2D eigenvalue weighted by molar-refractivity contribution is -0.00997. The highest BCUT2D eigenvalue weighted by Crippen LogP contribution is 2.11. The number of nitrogens with zero attached hydrogens (tertiary/aromatic N) is 1. The van der Waals surface area contributed by atoms with Gasteiger partial charge in [0.1, 0.15) is 0 Å². The van der Waals surface area contributed by atoms with Crippen LogP contribution in [0, 0.1) is 12.8 Å². The van der Waals surface area contributed by atoms with Gasteiger partial charge in [-0.1, -0.05) is 43.7 Å². The Labute approximate surface area is 136 Å². The molecule has 3 nitrogen and oxygen atoms in total. The fraction of sp³-hybridized carbons (Fsp3) is 0.684. The van der Waals surface area contributed by atoms with E-state index >= 15 is 0 Å². The van der Waals surface area contributed by atoms with Crippen LogP contribution in [0.15, 0.2) is 24.3 Å². The molecule has 0 heterocycles. The highest BCUT2D eigenvalue weighted by molar-refractivity contribution is 5.22. The minimum atomic E-state index is -0.431. The fourth-order valence-corrected chi connectivity index (χ4v) is 2.40. The maximum Gasteiger partial charge on any atom is 0.0900 e. The van der Waals surface area contributed by atoms with Crippen LogP contribution >= 0.6 is 0 Å². The van der Waals surface area contributed by atoms with Crippen molar-refractivity contribution in [2.45, 2.75) is 59.8 Å². The molecule has 1 aromatic carbocycles. The summed E-state index contributed by atoms with van der Waals surface area (Å²) in [7, 11) is 0. The fourth-order valence-electron chi connectivity index (χ4n) is 2.40. The number of aliphatic hydroxyl groups excluding tert-OH is 1. The van der Waals surface area contributed by atoms with Gasteiger partial charge < -0.3 is 9.84 Å². The minimum Gasteiger partial charge on any atom is -0.389 e. The van der Waals surface area contributed by atoms with Crippen LogP contribution in [-0.2, 0) is 11.3 Å². The van der Waals surface area contributed by atoms with Gasteiger partial charge in [0.05, 0.1) is 18.8 Å². The lowest BCUT2D eigenvalue weighted by atomic mass is 10.1. The molecule has 126 valence electrons. The average molecular weight is 307 g/mol. The van der Waals surface area contributed by atoms with Crippen LogP contribution in [0.4, 0.5) is 0 Å². The van der Waals surface area contributed by atoms with Crippen LogP contribution in [0.5, 0.6) is 0 Å². The molecule has 22 heavy (non-hydrogen) atoms. The lowest BCUT2D eigenvalue weighted by Crippen LogP contribution is -2.36. The summed E-state index contributed by atoms with van der Waals surface area (Å²) in [6, 6.07) is 8.60. The molecule has 0 radical (unpaired) electrons. The Morgan fingerprint density at radius 2 is 1.91 bits per heavy atom. The van der Waals surface area contributed by atoms with Gasteiger partial charge in [0.25, 0.3) is 0 Å². The number of hydrogen-bond donors (Lipinski definition) is 1. The van der Waals surface area contributed by atoms with Crippen LogP contribution in [0.25, 0.3) is 0 Å². The Morgan fingerprint density at radius 1 is 1.18 bits per heavy atom. The molecule has 0 bridgehead atoms. The molecule has 0 saturated carbocycles. The molecule has 3 heteroatoms. The molecule has 0 aliphatic rings. The second kappa shape index (κ2) is 9.98. The topological polar surface area (TPSA) is 32.7 Å². The summed E-state index contributed by atoms with van der Waals surface area (Å²) in [4.78, 5) is 2.34. The Morgan fingerprint density at radius 3 is 2.50 bits per heavy atom. The van der Waals surface area contributed by atoms with Crippen LogP contribution in [0.3, 0.4) is 0 Å². The zero-order chi connectivity index (χ0) is 16.5. The van der Waals surface area contributed by atoms with E-state index in [1.165, 1.54) is 11.1 Å². The van der Waals surface area contributed by atoms with Crippen molar-refractivity contribution in [3.63, 3.8) is 0 Å². The number of rotatable bonds is 10. The van der Waals surface area contributed by atoms with Crippen molar-refractivity contribution in [1.29, 1.82) is 0 Å². The molecule has 1 unspecified atom stereocenters. The van der Waals surface area contributed by atoms with E-state index in [2.05, 4.69) is 49.9 Å². The first-order valence-corrected chi connectivity index (χ1v) is 8.44. The summed E-state index contributed by atoms with van der Waals surface area (Å²) in [5, 5.41) is 10.2. The summed E-state index contributed by atoms with van der Waals surface area (Å²) in [6.07, 6.45) is 0.874. The zero-order valence-electron chi connectivity index (χ0n) is 14.9. The van der Waals surface area contributed by atoms with Gasteiger partial charge in [-0.15, -0.1) is 0 Å². The number of aryl methyl sites for hydroxylation is 1. The molecule has 1 N–H and O–H groups in total. The van der Waals surface area contributed by atoms with Gasteiger partial charge in [0.15, 0.2) is 0 Å². The largest absolute Gasteiger partial charge is 0.389 e. The van der Waals surface area contributed by atoms with Crippen molar-refractivity contribution in [2.75, 3.05) is 19.7 Å². The van der Waals surface area contributed by atoms with E-state index in [0.717, 1.165) is 19.5 Å². The molecule has 0 aliphatic heterocycles. The van der Waals surface area contributed by atoms with E-state index in [1.54, 1.807) is 0 Å². The molecule has 0 aromatic heterocycles. The predicted octanol–water partition coefficient (Wildman–Crippen LogP) is 3.63. The van der Waals surface area contributed by atoms with Crippen LogP contribution in [-0.4, -0.2) is 41.9 Å². The van der Waals surface area contributed by atoms with E-state index < -0.39 is 6.10 Å². The van der Waals surface area contributed by atoms with Gasteiger partial charge in [-0.05, 0) is 45.2 Å². The van der Waals surface area contributed by atoms with Crippen molar-refractivity contribution < 1.29 is 9.84 Å². The molecule has 0 aliphatic carbocycles. The quantitative estimate of drug-likeness (QED) is 0.716. The molecule has 1 aromatic rings. The van der Waals surface area contributed by atoms with Gasteiger partial charge in [0, 0.05) is 13.1 Å². The van der Waals surface area contributed by atoms with Crippen molar-refractivity contribution in [2.24, 2.45) is 5.92 Å². The molecular formula is C19H33NO2. The third-order valence-corrected chi connectivity index (χ3v) is 3.60. The summed E-state index contributed by atoms with van der Waals surface area (Å²) in [6.45, 7) is 13.5. The predicted molar refractivity (Wildman–Crippen MR) is 93.0 cm³/mol. The van der Waals surface area contributed by atoms with Crippen molar-refractivity contribution >= 4 is 0 Å². The summed E-state index contributed by atoms with van der Waals surface area (Å²) >= 11 is 0. The second-order valence-corrected chi connectivity index (χ2v) is 6.94. The zero-order valence-corrected chi connectivity index (χ0v) is 14.9. The third-order valence-electron chi connectivity index (χ3n) is 3.60. The molecule has 0 fully saturated rings. The third kappa shape index (κ3) is 8.52. The Kier molecular flexibility index (Phi) is 8.69. The highest BCUT2D eigenvalue weighted by Gasteiger charge is 2.14. The number of aliphatic hydroxyl groups is 1. The summed E-state index contributed by atoms with van der Waals surface area (Å²) < 4.78 is 5.52. The van der Waals surface area contributed by atoms with Crippen molar-refractivity contribution in [3.05, 3.63) is 35.4 Å². The van der Waals surface area contributed by atoms with Crippen LogP contribution in [0.1, 0.15) is 45.2 Å². The molecular weight excluding hydrogens is 274 g/mol. The Bertz CT molecular complexity index is 418. The first-order valence-electron chi connectivity index (χ1n) is 8.44. The highest BCUT2D eigenvalue weighted by atomic mass is 16.5. The maximum atomic E-state index is 10.2. The van der Waals surface area contributed by atoms with Crippen molar-refractivity contribution in [1.82, 2.24) is 4.90 Å². The number of benzene rings is 1. The summed E-state index contributed by atoms with van der Waals surface area (Å²) in [5.74, 6) is 0.670. The Hall–Kier alpha value is -0.900. The molecule has 0 amide bonds. The summed E-state index contributed by atoms with van der Waals surface area (Å²) in [5.41, 5.74) is 2.59. The lowest BCUT2D eigenvalue weighted by Gasteiger charge is -2.26. The maximum absolute atomic E-state index is 10.2. The van der Waals surface area contributed by atoms with Gasteiger partial charge in [-0.2, -0.15) is 0 Å². The normalized spacial score (nSPS) is 13.3. The van der Waals surface area contributed by atoms with Crippen LogP contribution < -0.4 is 0 Å².